The zero-order chi connectivity index (χ0) is 16.0. The fourth-order valence-electron chi connectivity index (χ4n) is 2.55. The molecular weight excluding hydrogens is 288 g/mol. The van der Waals surface area contributed by atoms with Crippen LogP contribution in [-0.2, 0) is 17.7 Å². The Hall–Kier alpha value is -1.03. The Labute approximate surface area is 132 Å². The molecule has 0 aliphatic heterocycles. The third-order valence-electron chi connectivity index (χ3n) is 3.56. The van der Waals surface area contributed by atoms with Crippen molar-refractivity contribution < 1.29 is 9.53 Å². The standard InChI is InChI=1S/C16H27ClN2O2/c1-6-8-11(3)9-14-13(5)19(10-12(4)17)18-15(14)16(20)21-7-2/h11-12H,6-10H2,1-5H3. The van der Waals surface area contributed by atoms with Crippen molar-refractivity contribution in [2.24, 2.45) is 5.92 Å². The Morgan fingerprint density at radius 2 is 2.05 bits per heavy atom. The van der Waals surface area contributed by atoms with Crippen LogP contribution >= 0.6 is 11.6 Å². The van der Waals surface area contributed by atoms with E-state index in [4.69, 9.17) is 16.3 Å². The molecule has 2 atom stereocenters. The maximum absolute atomic E-state index is 12.1. The monoisotopic (exact) mass is 314 g/mol. The summed E-state index contributed by atoms with van der Waals surface area (Å²) in [6.07, 6.45) is 3.13. The lowest BCUT2D eigenvalue weighted by atomic mass is 9.95. The van der Waals surface area contributed by atoms with Gasteiger partial charge in [-0.1, -0.05) is 26.7 Å². The lowest BCUT2D eigenvalue weighted by molar-refractivity contribution is 0.0517. The van der Waals surface area contributed by atoms with Gasteiger partial charge in [-0.05, 0) is 33.1 Å². The summed E-state index contributed by atoms with van der Waals surface area (Å²) in [4.78, 5) is 12.1. The predicted octanol–water partition coefficient (Wildman–Crippen LogP) is 3.97. The van der Waals surface area contributed by atoms with Crippen LogP contribution in [0.15, 0.2) is 0 Å². The van der Waals surface area contributed by atoms with Crippen LogP contribution < -0.4 is 0 Å². The van der Waals surface area contributed by atoms with Gasteiger partial charge in [-0.2, -0.15) is 5.10 Å². The number of esters is 1. The summed E-state index contributed by atoms with van der Waals surface area (Å²) in [5.74, 6) is 0.188. The van der Waals surface area contributed by atoms with Gasteiger partial charge in [0.05, 0.1) is 18.5 Å². The highest BCUT2D eigenvalue weighted by Gasteiger charge is 2.23. The van der Waals surface area contributed by atoms with Crippen molar-refractivity contribution in [3.8, 4) is 0 Å². The lowest BCUT2D eigenvalue weighted by Crippen LogP contribution is -2.12. The molecule has 0 spiro atoms. The maximum Gasteiger partial charge on any atom is 0.359 e. The van der Waals surface area contributed by atoms with E-state index in [2.05, 4.69) is 18.9 Å². The lowest BCUT2D eigenvalue weighted by Gasteiger charge is -2.11. The molecule has 0 aliphatic rings. The fourth-order valence-corrected chi connectivity index (χ4v) is 2.68. The van der Waals surface area contributed by atoms with Crippen LogP contribution in [-0.4, -0.2) is 27.7 Å². The first-order valence-corrected chi connectivity index (χ1v) is 8.21. The number of carbonyl (C=O) groups is 1. The first-order chi connectivity index (χ1) is 9.90. The van der Waals surface area contributed by atoms with Crippen molar-refractivity contribution in [1.82, 2.24) is 9.78 Å². The second-order valence-electron chi connectivity index (χ2n) is 5.69. The molecule has 0 saturated carbocycles. The molecule has 1 aromatic heterocycles. The molecule has 0 amide bonds. The zero-order valence-corrected chi connectivity index (χ0v) is 14.5. The van der Waals surface area contributed by atoms with E-state index < -0.39 is 0 Å². The Bertz CT molecular complexity index is 469. The molecule has 2 unspecified atom stereocenters. The van der Waals surface area contributed by atoms with E-state index in [1.54, 1.807) is 0 Å². The topological polar surface area (TPSA) is 44.1 Å². The van der Waals surface area contributed by atoms with Gasteiger partial charge in [-0.25, -0.2) is 4.79 Å². The van der Waals surface area contributed by atoms with Crippen LogP contribution in [0.4, 0.5) is 0 Å². The first kappa shape index (κ1) is 18.0. The van der Waals surface area contributed by atoms with Crippen molar-refractivity contribution in [2.75, 3.05) is 6.61 Å². The third-order valence-corrected chi connectivity index (χ3v) is 3.70. The highest BCUT2D eigenvalue weighted by molar-refractivity contribution is 6.20. The summed E-state index contributed by atoms with van der Waals surface area (Å²) in [5, 5.41) is 4.41. The van der Waals surface area contributed by atoms with Gasteiger partial charge in [-0.3, -0.25) is 4.68 Å². The molecule has 0 aliphatic carbocycles. The molecule has 0 saturated heterocycles. The van der Waals surface area contributed by atoms with Crippen molar-refractivity contribution in [1.29, 1.82) is 0 Å². The van der Waals surface area contributed by atoms with Gasteiger partial charge in [0.1, 0.15) is 0 Å². The number of nitrogens with zero attached hydrogens (tertiary/aromatic N) is 2. The Balaban J connectivity index is 3.10. The maximum atomic E-state index is 12.1. The molecule has 0 fully saturated rings. The molecule has 1 aromatic rings. The van der Waals surface area contributed by atoms with Crippen molar-refractivity contribution in [2.45, 2.75) is 65.8 Å². The number of aromatic nitrogens is 2. The molecule has 0 bridgehead atoms. The van der Waals surface area contributed by atoms with Gasteiger partial charge in [0.25, 0.3) is 0 Å². The second kappa shape index (κ2) is 8.42. The Kier molecular flexibility index (Phi) is 7.23. The van der Waals surface area contributed by atoms with Crippen LogP contribution in [0.2, 0.25) is 0 Å². The summed E-state index contributed by atoms with van der Waals surface area (Å²) in [6.45, 7) is 11.1. The van der Waals surface area contributed by atoms with Gasteiger partial charge in [-0.15, -0.1) is 11.6 Å². The number of carbonyl (C=O) groups excluding carboxylic acids is 1. The van der Waals surface area contributed by atoms with Crippen molar-refractivity contribution in [3.05, 3.63) is 17.0 Å². The van der Waals surface area contributed by atoms with Crippen molar-refractivity contribution >= 4 is 17.6 Å². The van der Waals surface area contributed by atoms with E-state index in [0.717, 1.165) is 30.5 Å². The molecule has 0 radical (unpaired) electrons. The highest BCUT2D eigenvalue weighted by atomic mass is 35.5. The van der Waals surface area contributed by atoms with Gasteiger partial charge >= 0.3 is 5.97 Å². The zero-order valence-electron chi connectivity index (χ0n) is 13.8. The number of hydrogen-bond acceptors (Lipinski definition) is 3. The molecule has 0 N–H and O–H groups in total. The minimum Gasteiger partial charge on any atom is -0.461 e. The van der Waals surface area contributed by atoms with E-state index in [0.29, 0.717) is 24.8 Å². The molecule has 1 rings (SSSR count). The second-order valence-corrected chi connectivity index (χ2v) is 6.44. The third kappa shape index (κ3) is 5.03. The van der Waals surface area contributed by atoms with E-state index in [-0.39, 0.29) is 11.3 Å². The van der Waals surface area contributed by atoms with E-state index in [1.807, 2.05) is 25.5 Å². The first-order valence-electron chi connectivity index (χ1n) is 7.78. The average Bonchev–Trinajstić information content (AvgIpc) is 2.68. The van der Waals surface area contributed by atoms with Crippen LogP contribution in [0.5, 0.6) is 0 Å². The van der Waals surface area contributed by atoms with Crippen LogP contribution in [0.1, 0.15) is 62.3 Å². The summed E-state index contributed by atoms with van der Waals surface area (Å²) in [7, 11) is 0. The quantitative estimate of drug-likeness (QED) is 0.538. The number of halogens is 1. The van der Waals surface area contributed by atoms with Crippen LogP contribution in [0, 0.1) is 12.8 Å². The molecule has 5 heteroatoms. The molecular formula is C16H27ClN2O2. The normalized spacial score (nSPS) is 14.0. The SMILES string of the molecule is CCCC(C)Cc1c(C(=O)OCC)nn(CC(C)Cl)c1C. The molecule has 4 nitrogen and oxygen atoms in total. The highest BCUT2D eigenvalue weighted by Crippen LogP contribution is 2.22. The molecule has 0 aromatic carbocycles. The predicted molar refractivity (Wildman–Crippen MR) is 86.0 cm³/mol. The van der Waals surface area contributed by atoms with Gasteiger partial charge < -0.3 is 4.74 Å². The number of rotatable bonds is 8. The smallest absolute Gasteiger partial charge is 0.359 e. The Morgan fingerprint density at radius 1 is 1.38 bits per heavy atom. The minimum atomic E-state index is -0.333. The number of alkyl halides is 1. The largest absolute Gasteiger partial charge is 0.461 e. The van der Waals surface area contributed by atoms with E-state index in [1.165, 1.54) is 0 Å². The minimum absolute atomic E-state index is 0.0282. The summed E-state index contributed by atoms with van der Waals surface area (Å²) in [5.41, 5.74) is 2.48. The molecule has 1 heterocycles. The van der Waals surface area contributed by atoms with Gasteiger partial charge in [0, 0.05) is 11.3 Å². The summed E-state index contributed by atoms with van der Waals surface area (Å²) >= 11 is 6.07. The van der Waals surface area contributed by atoms with Gasteiger partial charge in [0.2, 0.25) is 0 Å². The Morgan fingerprint density at radius 3 is 2.57 bits per heavy atom. The summed E-state index contributed by atoms with van der Waals surface area (Å²) in [6, 6.07) is 0. The number of hydrogen-bond donors (Lipinski definition) is 0. The molecule has 120 valence electrons. The fraction of sp³-hybridized carbons (Fsp3) is 0.750. The van der Waals surface area contributed by atoms with E-state index in [9.17, 15) is 4.79 Å². The van der Waals surface area contributed by atoms with E-state index >= 15 is 0 Å². The molecule has 21 heavy (non-hydrogen) atoms. The van der Waals surface area contributed by atoms with Crippen LogP contribution in [0.25, 0.3) is 0 Å². The van der Waals surface area contributed by atoms with Crippen LogP contribution in [0.3, 0.4) is 0 Å². The van der Waals surface area contributed by atoms with Gasteiger partial charge in [0.15, 0.2) is 5.69 Å². The summed E-state index contributed by atoms with van der Waals surface area (Å²) < 4.78 is 6.97. The number of ether oxygens (including phenoxy) is 1. The average molecular weight is 315 g/mol. The van der Waals surface area contributed by atoms with Crippen molar-refractivity contribution in [3.63, 3.8) is 0 Å².